The number of thioether (sulfide) groups is 1. The fraction of sp³-hybridized carbons (Fsp3) is 0.286. The van der Waals surface area contributed by atoms with E-state index in [1.165, 1.54) is 22.1 Å². The molecule has 2 aromatic carbocycles. The summed E-state index contributed by atoms with van der Waals surface area (Å²) in [7, 11) is 0. The molecule has 4 heteroatoms. The molecule has 0 amide bonds. The average Bonchev–Trinajstić information content (AvgIpc) is 2.57. The van der Waals surface area contributed by atoms with Gasteiger partial charge < -0.3 is 4.74 Å². The van der Waals surface area contributed by atoms with E-state index >= 15 is 0 Å². The average molecular weight is 372 g/mol. The molecule has 0 atom stereocenters. The van der Waals surface area contributed by atoms with Crippen molar-refractivity contribution < 1.29 is 4.74 Å². The molecule has 3 aromatic rings. The fourth-order valence-electron chi connectivity index (χ4n) is 2.84. The molecular formula is C21H22ClNOS. The normalized spacial score (nSPS) is 11.0. The molecule has 0 unspecified atom stereocenters. The van der Waals surface area contributed by atoms with Crippen molar-refractivity contribution in [3.05, 3.63) is 64.2 Å². The first-order valence-electron chi connectivity index (χ1n) is 8.43. The van der Waals surface area contributed by atoms with Crippen LogP contribution in [-0.4, -0.2) is 17.3 Å². The summed E-state index contributed by atoms with van der Waals surface area (Å²) in [5, 5.41) is 3.07. The van der Waals surface area contributed by atoms with Crippen LogP contribution in [0.25, 0.3) is 10.9 Å². The molecule has 0 saturated heterocycles. The molecule has 0 bridgehead atoms. The van der Waals surface area contributed by atoms with Gasteiger partial charge in [0.1, 0.15) is 5.75 Å². The summed E-state index contributed by atoms with van der Waals surface area (Å²) in [6, 6.07) is 14.1. The first kappa shape index (κ1) is 18.1. The third-order valence-corrected chi connectivity index (χ3v) is 5.30. The van der Waals surface area contributed by atoms with E-state index in [1.54, 1.807) is 11.8 Å². The van der Waals surface area contributed by atoms with Crippen LogP contribution in [0.15, 0.2) is 47.5 Å². The number of nitrogens with zero attached hydrogens (tertiary/aromatic N) is 1. The van der Waals surface area contributed by atoms with Crippen molar-refractivity contribution in [3.63, 3.8) is 0 Å². The van der Waals surface area contributed by atoms with Gasteiger partial charge in [-0.1, -0.05) is 23.2 Å². The second-order valence-electron chi connectivity index (χ2n) is 6.26. The summed E-state index contributed by atoms with van der Waals surface area (Å²) in [6.45, 7) is 7.13. The summed E-state index contributed by atoms with van der Waals surface area (Å²) in [5.74, 6) is 1.84. The van der Waals surface area contributed by atoms with Gasteiger partial charge in [-0.3, -0.25) is 0 Å². The van der Waals surface area contributed by atoms with E-state index in [-0.39, 0.29) is 0 Å². The summed E-state index contributed by atoms with van der Waals surface area (Å²) in [4.78, 5) is 4.85. The molecule has 130 valence electrons. The predicted octanol–water partition coefficient (Wildman–Crippen LogP) is 6.37. The van der Waals surface area contributed by atoms with E-state index < -0.39 is 0 Å². The number of aromatic nitrogens is 1. The van der Waals surface area contributed by atoms with Crippen LogP contribution in [0.2, 0.25) is 5.02 Å². The Morgan fingerprint density at radius 1 is 1.00 bits per heavy atom. The minimum Gasteiger partial charge on any atom is -0.494 e. The van der Waals surface area contributed by atoms with Gasteiger partial charge in [0, 0.05) is 16.2 Å². The summed E-state index contributed by atoms with van der Waals surface area (Å²) >= 11 is 7.66. The topological polar surface area (TPSA) is 22.1 Å². The highest BCUT2D eigenvalue weighted by molar-refractivity contribution is 7.99. The van der Waals surface area contributed by atoms with Crippen LogP contribution in [0.3, 0.4) is 0 Å². The van der Waals surface area contributed by atoms with Crippen molar-refractivity contribution in [3.8, 4) is 5.75 Å². The van der Waals surface area contributed by atoms with Crippen molar-refractivity contribution in [2.45, 2.75) is 32.2 Å². The highest BCUT2D eigenvalue weighted by atomic mass is 35.5. The van der Waals surface area contributed by atoms with Gasteiger partial charge in [-0.05, 0) is 74.7 Å². The maximum absolute atomic E-state index is 5.87. The Hall–Kier alpha value is -1.71. The van der Waals surface area contributed by atoms with Gasteiger partial charge in [-0.25, -0.2) is 4.98 Å². The van der Waals surface area contributed by atoms with E-state index in [1.807, 2.05) is 24.3 Å². The first-order chi connectivity index (χ1) is 12.0. The molecule has 2 nitrogen and oxygen atoms in total. The second kappa shape index (κ2) is 8.11. The number of aryl methyl sites for hydroxylation is 3. The number of hydrogen-bond donors (Lipinski definition) is 0. The second-order valence-corrected chi connectivity index (χ2v) is 7.81. The lowest BCUT2D eigenvalue weighted by Gasteiger charge is -2.10. The van der Waals surface area contributed by atoms with Gasteiger partial charge in [-0.15, -0.1) is 11.8 Å². The van der Waals surface area contributed by atoms with Crippen molar-refractivity contribution in [1.29, 1.82) is 0 Å². The minimum atomic E-state index is 0.694. The number of benzene rings is 2. The molecule has 0 spiro atoms. The van der Waals surface area contributed by atoms with Crippen LogP contribution in [-0.2, 0) is 0 Å². The highest BCUT2D eigenvalue weighted by Gasteiger charge is 2.07. The lowest BCUT2D eigenvalue weighted by atomic mass is 10.0. The Bertz CT molecular complexity index is 877. The van der Waals surface area contributed by atoms with E-state index in [0.717, 1.165) is 33.5 Å². The Labute approximate surface area is 158 Å². The van der Waals surface area contributed by atoms with Crippen LogP contribution >= 0.6 is 23.4 Å². The van der Waals surface area contributed by atoms with Gasteiger partial charge in [0.05, 0.1) is 17.1 Å². The molecule has 3 rings (SSSR count). The Balaban J connectivity index is 1.57. The van der Waals surface area contributed by atoms with E-state index in [0.29, 0.717) is 6.61 Å². The van der Waals surface area contributed by atoms with E-state index in [2.05, 4.69) is 39.0 Å². The number of hydrogen-bond acceptors (Lipinski definition) is 3. The number of rotatable bonds is 6. The smallest absolute Gasteiger partial charge is 0.119 e. The largest absolute Gasteiger partial charge is 0.494 e. The zero-order chi connectivity index (χ0) is 17.8. The van der Waals surface area contributed by atoms with Crippen molar-refractivity contribution in [2.75, 3.05) is 12.4 Å². The van der Waals surface area contributed by atoms with E-state index in [9.17, 15) is 0 Å². The van der Waals surface area contributed by atoms with Crippen LogP contribution < -0.4 is 4.74 Å². The maximum Gasteiger partial charge on any atom is 0.119 e. The third-order valence-electron chi connectivity index (χ3n) is 4.05. The zero-order valence-electron chi connectivity index (χ0n) is 14.8. The number of halogens is 1. The molecule has 1 aromatic heterocycles. The van der Waals surface area contributed by atoms with Gasteiger partial charge in [-0.2, -0.15) is 0 Å². The van der Waals surface area contributed by atoms with Crippen LogP contribution in [0.4, 0.5) is 0 Å². The molecule has 0 aliphatic carbocycles. The molecule has 0 aliphatic rings. The Kier molecular flexibility index (Phi) is 5.87. The fourth-order valence-corrected chi connectivity index (χ4v) is 3.86. The van der Waals surface area contributed by atoms with Crippen molar-refractivity contribution >= 4 is 34.3 Å². The maximum atomic E-state index is 5.87. The standard InChI is InChI=1S/C21H22ClNOS/c1-14-11-16(3)21-19(12-14)15(2)13-20(23-21)25-10-4-9-24-18-7-5-17(22)6-8-18/h5-8,11-13H,4,9-10H2,1-3H3. The molecule has 25 heavy (non-hydrogen) atoms. The van der Waals surface area contributed by atoms with E-state index in [4.69, 9.17) is 21.3 Å². The molecule has 0 saturated carbocycles. The number of fused-ring (bicyclic) bond motifs is 1. The molecule has 0 fully saturated rings. The number of pyridine rings is 1. The van der Waals surface area contributed by atoms with Crippen LogP contribution in [0, 0.1) is 20.8 Å². The van der Waals surface area contributed by atoms with Gasteiger partial charge in [0.25, 0.3) is 0 Å². The van der Waals surface area contributed by atoms with Crippen LogP contribution in [0.1, 0.15) is 23.1 Å². The molecule has 0 aliphatic heterocycles. The quantitative estimate of drug-likeness (QED) is 0.371. The monoisotopic (exact) mass is 371 g/mol. The molecular weight excluding hydrogens is 350 g/mol. The van der Waals surface area contributed by atoms with Crippen molar-refractivity contribution in [1.82, 2.24) is 4.98 Å². The van der Waals surface area contributed by atoms with Gasteiger partial charge in [0.15, 0.2) is 0 Å². The van der Waals surface area contributed by atoms with Crippen LogP contribution in [0.5, 0.6) is 5.75 Å². The lowest BCUT2D eigenvalue weighted by Crippen LogP contribution is -1.99. The molecule has 0 radical (unpaired) electrons. The first-order valence-corrected chi connectivity index (χ1v) is 9.79. The lowest BCUT2D eigenvalue weighted by molar-refractivity contribution is 0.318. The Morgan fingerprint density at radius 2 is 1.76 bits per heavy atom. The summed E-state index contributed by atoms with van der Waals surface area (Å²) < 4.78 is 5.73. The number of ether oxygens (including phenoxy) is 1. The van der Waals surface area contributed by atoms with Gasteiger partial charge in [0.2, 0.25) is 0 Å². The minimum absolute atomic E-state index is 0.694. The Morgan fingerprint density at radius 3 is 2.52 bits per heavy atom. The summed E-state index contributed by atoms with van der Waals surface area (Å²) in [5.41, 5.74) is 4.93. The predicted molar refractivity (Wildman–Crippen MR) is 108 cm³/mol. The molecule has 0 N–H and O–H groups in total. The third kappa shape index (κ3) is 4.68. The molecule has 1 heterocycles. The van der Waals surface area contributed by atoms with Crippen molar-refractivity contribution in [2.24, 2.45) is 0 Å². The summed E-state index contributed by atoms with van der Waals surface area (Å²) in [6.07, 6.45) is 0.971. The highest BCUT2D eigenvalue weighted by Crippen LogP contribution is 2.27. The van der Waals surface area contributed by atoms with Gasteiger partial charge >= 0.3 is 0 Å². The SMILES string of the molecule is Cc1cc(C)c2nc(SCCCOc3ccc(Cl)cc3)cc(C)c2c1. The zero-order valence-corrected chi connectivity index (χ0v) is 16.4.